The molecule has 0 radical (unpaired) electrons. The Hall–Kier alpha value is 0. The van der Waals surface area contributed by atoms with E-state index >= 15 is 0 Å². The van der Waals surface area contributed by atoms with Gasteiger partial charge in [0.05, 0.1) is 0 Å². The average Bonchev–Trinajstić information content (AvgIpc) is 1.97. The molecule has 2 fully saturated rings. The van der Waals surface area contributed by atoms with Gasteiger partial charge in [-0.3, -0.25) is 0 Å². The van der Waals surface area contributed by atoms with Gasteiger partial charge >= 0.3 is 0 Å². The highest BCUT2D eigenvalue weighted by molar-refractivity contribution is 4.84. The van der Waals surface area contributed by atoms with Gasteiger partial charge in [0.25, 0.3) is 0 Å². The lowest BCUT2D eigenvalue weighted by Gasteiger charge is -2.41. The first-order valence-corrected chi connectivity index (χ1v) is 5.25. The summed E-state index contributed by atoms with van der Waals surface area (Å²) in [6, 6.07) is 0. The molecule has 2 saturated carbocycles. The van der Waals surface area contributed by atoms with E-state index in [1.807, 2.05) is 0 Å². The lowest BCUT2D eigenvalue weighted by atomic mass is 9.64. The molecule has 0 amide bonds. The first-order chi connectivity index (χ1) is 5.25. The van der Waals surface area contributed by atoms with Gasteiger partial charge in [-0.1, -0.05) is 26.7 Å². The number of fused-ring (bicyclic) bond motifs is 2. The summed E-state index contributed by atoms with van der Waals surface area (Å²) in [5.41, 5.74) is 0. The van der Waals surface area contributed by atoms with Crippen molar-refractivity contribution in [1.82, 2.24) is 0 Å². The minimum atomic E-state index is 1.03. The second-order valence-electron chi connectivity index (χ2n) is 4.99. The van der Waals surface area contributed by atoms with Gasteiger partial charge in [-0.2, -0.15) is 0 Å². The van der Waals surface area contributed by atoms with Crippen LogP contribution in [0.25, 0.3) is 0 Å². The lowest BCUT2D eigenvalue weighted by molar-refractivity contribution is 0.0985. The van der Waals surface area contributed by atoms with Gasteiger partial charge in [-0.25, -0.2) is 0 Å². The fraction of sp³-hybridized carbons (Fsp3) is 1.00. The summed E-state index contributed by atoms with van der Waals surface area (Å²) >= 11 is 0. The largest absolute Gasteiger partial charge is 0.0625 e. The van der Waals surface area contributed by atoms with Gasteiger partial charge in [-0.15, -0.1) is 0 Å². The molecule has 2 aliphatic carbocycles. The molecule has 4 unspecified atom stereocenters. The van der Waals surface area contributed by atoms with Crippen molar-refractivity contribution in [3.05, 3.63) is 0 Å². The molecule has 0 aromatic heterocycles. The predicted molar refractivity (Wildman–Crippen MR) is 48.4 cm³/mol. The van der Waals surface area contributed by atoms with E-state index in [1.165, 1.54) is 25.7 Å². The molecule has 0 nitrogen and oxygen atoms in total. The second kappa shape index (κ2) is 2.80. The molecule has 0 aromatic rings. The molecule has 0 aliphatic heterocycles. The van der Waals surface area contributed by atoms with Gasteiger partial charge in [0.15, 0.2) is 0 Å². The van der Waals surface area contributed by atoms with Crippen molar-refractivity contribution in [3.63, 3.8) is 0 Å². The predicted octanol–water partition coefficient (Wildman–Crippen LogP) is 3.47. The highest BCUT2D eigenvalue weighted by atomic mass is 14.4. The first kappa shape index (κ1) is 7.64. The molecule has 0 saturated heterocycles. The van der Waals surface area contributed by atoms with Gasteiger partial charge in [0, 0.05) is 0 Å². The van der Waals surface area contributed by atoms with Crippen molar-refractivity contribution >= 4 is 0 Å². The Morgan fingerprint density at radius 2 is 1.73 bits per heavy atom. The molecule has 0 spiro atoms. The Kier molecular flexibility index (Phi) is 1.95. The summed E-state index contributed by atoms with van der Waals surface area (Å²) in [4.78, 5) is 0. The Balaban J connectivity index is 2.02. The molecular formula is C11H20. The lowest BCUT2D eigenvalue weighted by Crippen LogP contribution is -2.30. The zero-order chi connectivity index (χ0) is 7.84. The van der Waals surface area contributed by atoms with E-state index in [0.717, 1.165) is 23.7 Å². The number of rotatable bonds is 0. The van der Waals surface area contributed by atoms with E-state index in [4.69, 9.17) is 0 Å². The zero-order valence-electron chi connectivity index (χ0n) is 7.84. The summed E-state index contributed by atoms with van der Waals surface area (Å²) in [7, 11) is 0. The average molecular weight is 152 g/mol. The molecule has 0 heteroatoms. The Morgan fingerprint density at radius 3 is 2.55 bits per heavy atom. The Bertz CT molecular complexity index is 137. The van der Waals surface area contributed by atoms with Crippen molar-refractivity contribution in [1.29, 1.82) is 0 Å². The fourth-order valence-corrected chi connectivity index (χ4v) is 3.24. The maximum Gasteiger partial charge on any atom is -0.0383 e. The smallest absolute Gasteiger partial charge is 0.0383 e. The summed E-state index contributed by atoms with van der Waals surface area (Å²) < 4.78 is 0. The molecule has 2 aliphatic rings. The van der Waals surface area contributed by atoms with Crippen LogP contribution >= 0.6 is 0 Å². The molecule has 0 aromatic carbocycles. The van der Waals surface area contributed by atoms with Crippen LogP contribution in [0.5, 0.6) is 0 Å². The van der Waals surface area contributed by atoms with Crippen LogP contribution in [0.15, 0.2) is 0 Å². The molecule has 0 heterocycles. The SMILES string of the molecule is CC1CC2CCC(C)C(C1)C2. The standard InChI is InChI=1S/C11H20/c1-8-5-10-4-3-9(2)11(6-8)7-10/h8-11H,3-7H2,1-2H3. The Labute approximate surface area is 70.4 Å². The van der Waals surface area contributed by atoms with Crippen molar-refractivity contribution in [2.75, 3.05) is 0 Å². The minimum Gasteiger partial charge on any atom is -0.0625 e. The van der Waals surface area contributed by atoms with Gasteiger partial charge in [-0.05, 0) is 42.9 Å². The Morgan fingerprint density at radius 1 is 0.909 bits per heavy atom. The van der Waals surface area contributed by atoms with E-state index in [-0.39, 0.29) is 0 Å². The monoisotopic (exact) mass is 152 g/mol. The molecule has 2 rings (SSSR count). The maximum atomic E-state index is 2.46. The number of hydrogen-bond donors (Lipinski definition) is 0. The normalized spacial score (nSPS) is 50.7. The van der Waals surface area contributed by atoms with Crippen molar-refractivity contribution in [2.45, 2.75) is 46.0 Å². The molecule has 11 heavy (non-hydrogen) atoms. The van der Waals surface area contributed by atoms with Gasteiger partial charge in [0.1, 0.15) is 0 Å². The van der Waals surface area contributed by atoms with Crippen molar-refractivity contribution in [2.24, 2.45) is 23.7 Å². The van der Waals surface area contributed by atoms with Crippen LogP contribution in [0.3, 0.4) is 0 Å². The second-order valence-corrected chi connectivity index (χ2v) is 4.99. The fourth-order valence-electron chi connectivity index (χ4n) is 3.24. The third kappa shape index (κ3) is 1.45. The molecule has 64 valence electrons. The van der Waals surface area contributed by atoms with Crippen LogP contribution in [0.4, 0.5) is 0 Å². The third-order valence-corrected chi connectivity index (χ3v) is 3.91. The first-order valence-electron chi connectivity index (χ1n) is 5.25. The zero-order valence-corrected chi connectivity index (χ0v) is 7.84. The van der Waals surface area contributed by atoms with Crippen LogP contribution in [0.2, 0.25) is 0 Å². The van der Waals surface area contributed by atoms with Crippen LogP contribution in [-0.2, 0) is 0 Å². The van der Waals surface area contributed by atoms with E-state index in [1.54, 1.807) is 6.42 Å². The van der Waals surface area contributed by atoms with Crippen LogP contribution in [0.1, 0.15) is 46.0 Å². The molecule has 4 atom stereocenters. The van der Waals surface area contributed by atoms with Crippen LogP contribution in [-0.4, -0.2) is 0 Å². The van der Waals surface area contributed by atoms with Crippen molar-refractivity contribution in [3.8, 4) is 0 Å². The van der Waals surface area contributed by atoms with Gasteiger partial charge < -0.3 is 0 Å². The number of hydrogen-bond acceptors (Lipinski definition) is 0. The molecular weight excluding hydrogens is 132 g/mol. The summed E-state index contributed by atoms with van der Waals surface area (Å²) in [6.07, 6.45) is 7.66. The van der Waals surface area contributed by atoms with Gasteiger partial charge in [0.2, 0.25) is 0 Å². The summed E-state index contributed by atoms with van der Waals surface area (Å²) in [5, 5.41) is 0. The maximum absolute atomic E-state index is 2.46. The van der Waals surface area contributed by atoms with E-state index < -0.39 is 0 Å². The quantitative estimate of drug-likeness (QED) is 0.498. The van der Waals surface area contributed by atoms with Crippen LogP contribution < -0.4 is 0 Å². The highest BCUT2D eigenvalue weighted by Gasteiger charge is 2.33. The molecule has 0 N–H and O–H groups in total. The summed E-state index contributed by atoms with van der Waals surface area (Å²) in [5.74, 6) is 4.27. The van der Waals surface area contributed by atoms with E-state index in [9.17, 15) is 0 Å². The molecule has 2 bridgehead atoms. The topological polar surface area (TPSA) is 0 Å². The van der Waals surface area contributed by atoms with Crippen molar-refractivity contribution < 1.29 is 0 Å². The highest BCUT2D eigenvalue weighted by Crippen LogP contribution is 2.44. The van der Waals surface area contributed by atoms with E-state index in [2.05, 4.69) is 13.8 Å². The third-order valence-electron chi connectivity index (χ3n) is 3.91. The van der Waals surface area contributed by atoms with Crippen LogP contribution in [0, 0.1) is 23.7 Å². The summed E-state index contributed by atoms with van der Waals surface area (Å²) in [6.45, 7) is 4.90. The van der Waals surface area contributed by atoms with E-state index in [0.29, 0.717) is 0 Å². The minimum absolute atomic E-state index is 1.03.